The van der Waals surface area contributed by atoms with Crippen molar-refractivity contribution >= 4 is 11.8 Å². The molecule has 0 bridgehead atoms. The Morgan fingerprint density at radius 1 is 1.03 bits per heavy atom. The van der Waals surface area contributed by atoms with Gasteiger partial charge in [0.1, 0.15) is 6.61 Å². The zero-order valence-electron chi connectivity index (χ0n) is 17.0. The van der Waals surface area contributed by atoms with Crippen LogP contribution in [0.15, 0.2) is 62.7 Å². The molecule has 0 radical (unpaired) electrons. The molecular weight excluding hydrogens is 416 g/mol. The quantitative estimate of drug-likeness (QED) is 0.385. The van der Waals surface area contributed by atoms with Crippen LogP contribution in [-0.4, -0.2) is 26.9 Å². The normalized spacial score (nSPS) is 15.4. The topological polar surface area (TPSA) is 96.3 Å². The lowest BCUT2D eigenvalue weighted by Crippen LogP contribution is -2.21. The Hall–Kier alpha value is -3.33. The van der Waals surface area contributed by atoms with E-state index in [1.165, 1.54) is 17.3 Å². The molecule has 1 aliphatic rings. The fraction of sp³-hybridized carbons (Fsp3) is 0.273. The Bertz CT molecular complexity index is 1170. The highest BCUT2D eigenvalue weighted by molar-refractivity contribution is 7.98. The van der Waals surface area contributed by atoms with Crippen LogP contribution in [0.3, 0.4) is 0 Å². The standard InChI is InChI=1S/C22H20N4O4S/c1-13(2)14-7-9-15(10-8-14)20-23-19(30-26-20)12-31-22-25-24-21(29-22)18-11-27-16-5-3-4-6-17(16)28-18/h3-10,13,18H,11-12H2,1-2H3/t18-/m1/s1. The molecular formula is C22H20N4O4S. The van der Waals surface area contributed by atoms with Gasteiger partial charge in [0, 0.05) is 5.56 Å². The van der Waals surface area contributed by atoms with Crippen molar-refractivity contribution in [1.29, 1.82) is 0 Å². The van der Waals surface area contributed by atoms with Gasteiger partial charge in [0.05, 0.1) is 5.75 Å². The van der Waals surface area contributed by atoms with Crippen molar-refractivity contribution in [2.24, 2.45) is 0 Å². The Morgan fingerprint density at radius 3 is 2.65 bits per heavy atom. The van der Waals surface area contributed by atoms with Gasteiger partial charge in [-0.3, -0.25) is 0 Å². The molecule has 0 spiro atoms. The van der Waals surface area contributed by atoms with Crippen molar-refractivity contribution in [2.75, 3.05) is 6.61 Å². The van der Waals surface area contributed by atoms with E-state index in [0.29, 0.717) is 52.6 Å². The van der Waals surface area contributed by atoms with Gasteiger partial charge in [0.15, 0.2) is 11.5 Å². The number of nitrogens with zero attached hydrogens (tertiary/aromatic N) is 4. The zero-order valence-corrected chi connectivity index (χ0v) is 17.8. The van der Waals surface area contributed by atoms with E-state index in [0.717, 1.165) is 5.56 Å². The third-order valence-corrected chi connectivity index (χ3v) is 5.63. The minimum Gasteiger partial charge on any atom is -0.485 e. The lowest BCUT2D eigenvalue weighted by atomic mass is 10.0. The molecule has 0 aliphatic carbocycles. The molecule has 1 atom stereocenters. The van der Waals surface area contributed by atoms with E-state index in [4.69, 9.17) is 18.4 Å². The molecule has 8 nitrogen and oxygen atoms in total. The summed E-state index contributed by atoms with van der Waals surface area (Å²) in [5.74, 6) is 3.68. The van der Waals surface area contributed by atoms with Crippen LogP contribution in [0.2, 0.25) is 0 Å². The molecule has 2 aromatic heterocycles. The number of fused-ring (bicyclic) bond motifs is 1. The van der Waals surface area contributed by atoms with E-state index >= 15 is 0 Å². The van der Waals surface area contributed by atoms with Gasteiger partial charge in [-0.05, 0) is 23.6 Å². The van der Waals surface area contributed by atoms with Gasteiger partial charge in [0.2, 0.25) is 17.8 Å². The van der Waals surface area contributed by atoms with E-state index in [-0.39, 0.29) is 0 Å². The summed E-state index contributed by atoms with van der Waals surface area (Å²) in [6.45, 7) is 4.63. The second kappa shape index (κ2) is 8.43. The fourth-order valence-corrected chi connectivity index (χ4v) is 3.73. The number of thioether (sulfide) groups is 1. The van der Waals surface area contributed by atoms with E-state index < -0.39 is 6.10 Å². The van der Waals surface area contributed by atoms with Crippen LogP contribution in [-0.2, 0) is 5.75 Å². The summed E-state index contributed by atoms with van der Waals surface area (Å²) >= 11 is 1.33. The lowest BCUT2D eigenvalue weighted by molar-refractivity contribution is 0.0686. The van der Waals surface area contributed by atoms with Crippen LogP contribution in [0.4, 0.5) is 0 Å². The minimum absolute atomic E-state index is 0.311. The second-order valence-corrected chi connectivity index (χ2v) is 8.27. The van der Waals surface area contributed by atoms with Gasteiger partial charge in [-0.15, -0.1) is 10.2 Å². The molecule has 0 saturated carbocycles. The molecule has 31 heavy (non-hydrogen) atoms. The third-order valence-electron chi connectivity index (χ3n) is 4.83. The first-order chi connectivity index (χ1) is 15.2. The molecule has 158 valence electrons. The Labute approximate surface area is 183 Å². The van der Waals surface area contributed by atoms with Crippen LogP contribution in [0.5, 0.6) is 11.5 Å². The smallest absolute Gasteiger partial charge is 0.277 e. The largest absolute Gasteiger partial charge is 0.485 e. The summed E-state index contributed by atoms with van der Waals surface area (Å²) in [6, 6.07) is 15.7. The number of ether oxygens (including phenoxy) is 2. The number of para-hydroxylation sites is 2. The van der Waals surface area contributed by atoms with Crippen LogP contribution >= 0.6 is 11.8 Å². The zero-order chi connectivity index (χ0) is 21.2. The molecule has 0 fully saturated rings. The summed E-state index contributed by atoms with van der Waals surface area (Å²) in [7, 11) is 0. The average molecular weight is 436 g/mol. The predicted molar refractivity (Wildman–Crippen MR) is 113 cm³/mol. The Kier molecular flexibility index (Phi) is 5.33. The number of rotatable bonds is 6. The number of hydrogen-bond donors (Lipinski definition) is 0. The maximum atomic E-state index is 5.90. The van der Waals surface area contributed by atoms with Crippen LogP contribution < -0.4 is 9.47 Å². The first-order valence-electron chi connectivity index (χ1n) is 9.93. The Morgan fingerprint density at radius 2 is 1.84 bits per heavy atom. The van der Waals surface area contributed by atoms with Gasteiger partial charge >= 0.3 is 0 Å². The van der Waals surface area contributed by atoms with Gasteiger partial charge in [-0.2, -0.15) is 4.98 Å². The monoisotopic (exact) mass is 436 g/mol. The number of hydrogen-bond acceptors (Lipinski definition) is 9. The molecule has 0 N–H and O–H groups in total. The van der Waals surface area contributed by atoms with E-state index in [1.54, 1.807) is 0 Å². The summed E-state index contributed by atoms with van der Waals surface area (Å²) in [5.41, 5.74) is 2.19. The van der Waals surface area contributed by atoms with E-state index in [1.807, 2.05) is 36.4 Å². The van der Waals surface area contributed by atoms with Crippen molar-refractivity contribution in [1.82, 2.24) is 20.3 Å². The predicted octanol–water partition coefficient (Wildman–Crippen LogP) is 5.05. The molecule has 2 aromatic carbocycles. The van der Waals surface area contributed by atoms with Crippen molar-refractivity contribution in [3.63, 3.8) is 0 Å². The molecule has 0 saturated heterocycles. The summed E-state index contributed by atoms with van der Waals surface area (Å²) in [5, 5.41) is 12.6. The average Bonchev–Trinajstić information content (AvgIpc) is 3.47. The highest BCUT2D eigenvalue weighted by Gasteiger charge is 2.27. The number of benzene rings is 2. The van der Waals surface area contributed by atoms with Crippen LogP contribution in [0.1, 0.15) is 43.2 Å². The summed E-state index contributed by atoms with van der Waals surface area (Å²) in [4.78, 5) is 4.46. The molecule has 1 aliphatic heterocycles. The highest BCUT2D eigenvalue weighted by atomic mass is 32.2. The van der Waals surface area contributed by atoms with Gasteiger partial charge < -0.3 is 18.4 Å². The van der Waals surface area contributed by atoms with E-state index in [2.05, 4.69) is 46.3 Å². The van der Waals surface area contributed by atoms with Crippen molar-refractivity contribution < 1.29 is 18.4 Å². The fourth-order valence-electron chi connectivity index (χ4n) is 3.12. The van der Waals surface area contributed by atoms with E-state index in [9.17, 15) is 0 Å². The summed E-state index contributed by atoms with van der Waals surface area (Å²) in [6.07, 6.45) is -0.444. The van der Waals surface area contributed by atoms with Crippen molar-refractivity contribution in [3.8, 4) is 22.9 Å². The van der Waals surface area contributed by atoms with Crippen molar-refractivity contribution in [2.45, 2.75) is 36.8 Å². The molecule has 3 heterocycles. The molecule has 9 heteroatoms. The van der Waals surface area contributed by atoms with Gasteiger partial charge in [-0.1, -0.05) is 67.2 Å². The Balaban J connectivity index is 1.20. The lowest BCUT2D eigenvalue weighted by Gasteiger charge is -2.23. The van der Waals surface area contributed by atoms with Gasteiger partial charge in [-0.25, -0.2) is 0 Å². The third kappa shape index (κ3) is 4.27. The minimum atomic E-state index is -0.444. The van der Waals surface area contributed by atoms with Crippen molar-refractivity contribution in [3.05, 3.63) is 65.9 Å². The molecule has 0 amide bonds. The van der Waals surface area contributed by atoms with Gasteiger partial charge in [0.25, 0.3) is 11.1 Å². The van der Waals surface area contributed by atoms with Crippen LogP contribution in [0, 0.1) is 0 Å². The maximum absolute atomic E-state index is 5.90. The SMILES string of the molecule is CC(C)c1ccc(-c2noc(CSc3nnc([C@H]4COc5ccccc5O4)o3)n2)cc1. The van der Waals surface area contributed by atoms with Crippen LogP contribution in [0.25, 0.3) is 11.4 Å². The second-order valence-electron chi connectivity index (χ2n) is 7.35. The first kappa shape index (κ1) is 19.6. The molecule has 0 unspecified atom stereocenters. The number of aromatic nitrogens is 4. The highest BCUT2D eigenvalue weighted by Crippen LogP contribution is 2.36. The maximum Gasteiger partial charge on any atom is 0.277 e. The first-order valence-corrected chi connectivity index (χ1v) is 10.9. The molecule has 4 aromatic rings. The summed E-state index contributed by atoms with van der Waals surface area (Å²) < 4.78 is 22.7. The molecule has 5 rings (SSSR count).